The average Bonchev–Trinajstić information content (AvgIpc) is 3.13. The molecule has 11 heteroatoms. The molecule has 2 aromatic carbocycles. The van der Waals surface area contributed by atoms with Gasteiger partial charge in [0.1, 0.15) is 6.04 Å². The SMILES string of the molecule is Cc1ccc(S(=O)(=O)OCCCCCCCSc2cccc3c2C(=O)N(C2CCC(=O)NC2=O)C3=O)cc1. The van der Waals surface area contributed by atoms with Crippen molar-refractivity contribution in [3.8, 4) is 0 Å². The van der Waals surface area contributed by atoms with Gasteiger partial charge >= 0.3 is 0 Å². The minimum absolute atomic E-state index is 0.0834. The highest BCUT2D eigenvalue weighted by Gasteiger charge is 2.45. The van der Waals surface area contributed by atoms with E-state index < -0.39 is 39.8 Å². The number of nitrogens with one attached hydrogen (secondary N) is 1. The van der Waals surface area contributed by atoms with Gasteiger partial charge in [-0.1, -0.05) is 43.0 Å². The third kappa shape index (κ3) is 6.33. The highest BCUT2D eigenvalue weighted by atomic mass is 32.2. The topological polar surface area (TPSA) is 127 Å². The second-order valence-corrected chi connectivity index (χ2v) is 12.1. The Labute approximate surface area is 226 Å². The fourth-order valence-electron chi connectivity index (χ4n) is 4.46. The zero-order valence-corrected chi connectivity index (χ0v) is 22.7. The second-order valence-electron chi connectivity index (χ2n) is 9.33. The van der Waals surface area contributed by atoms with Crippen LogP contribution in [0.25, 0.3) is 0 Å². The third-order valence-corrected chi connectivity index (χ3v) is 8.99. The monoisotopic (exact) mass is 558 g/mol. The summed E-state index contributed by atoms with van der Waals surface area (Å²) in [6.07, 6.45) is 4.42. The number of nitrogens with zero attached hydrogens (tertiary/aromatic N) is 1. The van der Waals surface area contributed by atoms with Crippen molar-refractivity contribution in [2.45, 2.75) is 67.7 Å². The van der Waals surface area contributed by atoms with Gasteiger partial charge in [0.2, 0.25) is 11.8 Å². The number of imide groups is 2. The molecule has 38 heavy (non-hydrogen) atoms. The highest BCUT2D eigenvalue weighted by Crippen LogP contribution is 2.34. The number of fused-ring (bicyclic) bond motifs is 1. The lowest BCUT2D eigenvalue weighted by Gasteiger charge is -2.27. The first kappa shape index (κ1) is 28.0. The zero-order chi connectivity index (χ0) is 27.3. The van der Waals surface area contributed by atoms with E-state index in [1.807, 2.05) is 6.92 Å². The molecule has 9 nitrogen and oxygen atoms in total. The summed E-state index contributed by atoms with van der Waals surface area (Å²) in [7, 11) is -3.73. The van der Waals surface area contributed by atoms with Gasteiger partial charge in [-0.2, -0.15) is 8.42 Å². The Morgan fingerprint density at radius 1 is 0.947 bits per heavy atom. The summed E-state index contributed by atoms with van der Waals surface area (Å²) in [5.41, 5.74) is 1.58. The maximum absolute atomic E-state index is 13.1. The van der Waals surface area contributed by atoms with Gasteiger partial charge in [-0.25, -0.2) is 0 Å². The standard InChI is InChI=1S/C27H30N2O7S2/c1-18-10-12-19(13-11-18)38(34,35)36-16-5-3-2-4-6-17-37-22-9-7-8-20-24(22)27(33)29(26(20)32)21-14-15-23(30)28-25(21)31/h7-13,21H,2-6,14-17H2,1H3,(H,28,30,31). The summed E-state index contributed by atoms with van der Waals surface area (Å²) in [5.74, 6) is -1.28. The van der Waals surface area contributed by atoms with Gasteiger partial charge in [0.25, 0.3) is 21.9 Å². The molecule has 1 N–H and O–H groups in total. The minimum Gasteiger partial charge on any atom is -0.295 e. The smallest absolute Gasteiger partial charge is 0.295 e. The average molecular weight is 559 g/mol. The maximum Gasteiger partial charge on any atom is 0.296 e. The van der Waals surface area contributed by atoms with Crippen LogP contribution in [0.5, 0.6) is 0 Å². The van der Waals surface area contributed by atoms with Crippen LogP contribution >= 0.6 is 11.8 Å². The predicted octanol–water partition coefficient (Wildman–Crippen LogP) is 3.84. The molecule has 1 saturated heterocycles. The van der Waals surface area contributed by atoms with Crippen molar-refractivity contribution in [3.63, 3.8) is 0 Å². The molecule has 4 rings (SSSR count). The number of amides is 4. The van der Waals surface area contributed by atoms with Crippen molar-refractivity contribution in [2.24, 2.45) is 0 Å². The van der Waals surface area contributed by atoms with E-state index in [2.05, 4.69) is 5.32 Å². The second kappa shape index (κ2) is 12.2. The Kier molecular flexibility index (Phi) is 9.01. The van der Waals surface area contributed by atoms with Crippen LogP contribution in [0, 0.1) is 6.92 Å². The number of carbonyl (C=O) groups is 4. The molecule has 4 amide bonds. The van der Waals surface area contributed by atoms with E-state index in [-0.39, 0.29) is 29.9 Å². The molecule has 1 atom stereocenters. The maximum atomic E-state index is 13.1. The number of carbonyl (C=O) groups excluding carboxylic acids is 4. The summed E-state index contributed by atoms with van der Waals surface area (Å²) in [6, 6.07) is 10.7. The molecule has 2 aliphatic heterocycles. The van der Waals surface area contributed by atoms with Crippen molar-refractivity contribution >= 4 is 45.5 Å². The molecule has 2 heterocycles. The number of rotatable bonds is 12. The van der Waals surface area contributed by atoms with Gasteiger partial charge in [-0.15, -0.1) is 11.8 Å². The predicted molar refractivity (Wildman–Crippen MR) is 141 cm³/mol. The fraction of sp³-hybridized carbons (Fsp3) is 0.407. The van der Waals surface area contributed by atoms with Crippen LogP contribution in [-0.2, 0) is 23.9 Å². The fourth-order valence-corrected chi connectivity index (χ4v) is 6.49. The molecule has 0 spiro atoms. The van der Waals surface area contributed by atoms with Gasteiger partial charge in [0.05, 0.1) is 22.6 Å². The Balaban J connectivity index is 1.19. The van der Waals surface area contributed by atoms with E-state index in [4.69, 9.17) is 4.18 Å². The van der Waals surface area contributed by atoms with E-state index in [1.54, 1.807) is 42.5 Å². The molecule has 0 aliphatic carbocycles. The van der Waals surface area contributed by atoms with E-state index in [1.165, 1.54) is 11.8 Å². The molecular formula is C27H30N2O7S2. The van der Waals surface area contributed by atoms with Crippen molar-refractivity contribution in [1.29, 1.82) is 0 Å². The normalized spacial score (nSPS) is 17.6. The summed E-state index contributed by atoms with van der Waals surface area (Å²) in [6.45, 7) is 2.03. The molecule has 0 radical (unpaired) electrons. The number of piperidine rings is 1. The van der Waals surface area contributed by atoms with Crippen LogP contribution in [0.3, 0.4) is 0 Å². The summed E-state index contributed by atoms with van der Waals surface area (Å²) >= 11 is 1.49. The minimum atomic E-state index is -3.73. The largest absolute Gasteiger partial charge is 0.296 e. The molecule has 1 unspecified atom stereocenters. The van der Waals surface area contributed by atoms with Crippen LogP contribution in [-0.4, -0.2) is 55.3 Å². The number of hydrogen-bond acceptors (Lipinski definition) is 8. The van der Waals surface area contributed by atoms with E-state index in [0.717, 1.165) is 41.9 Å². The quantitative estimate of drug-likeness (QED) is 0.180. The Bertz CT molecular complexity index is 1340. The van der Waals surface area contributed by atoms with Crippen LogP contribution in [0.4, 0.5) is 0 Å². The zero-order valence-electron chi connectivity index (χ0n) is 21.1. The van der Waals surface area contributed by atoms with Crippen molar-refractivity contribution in [1.82, 2.24) is 10.2 Å². The number of benzene rings is 2. The lowest BCUT2D eigenvalue weighted by atomic mass is 10.0. The number of hydrogen-bond donors (Lipinski definition) is 1. The molecule has 2 aromatic rings. The van der Waals surface area contributed by atoms with Gasteiger partial charge < -0.3 is 0 Å². The van der Waals surface area contributed by atoms with Gasteiger partial charge in [-0.3, -0.25) is 33.6 Å². The molecular weight excluding hydrogens is 528 g/mol. The number of unbranched alkanes of at least 4 members (excludes halogenated alkanes) is 4. The lowest BCUT2D eigenvalue weighted by molar-refractivity contribution is -0.136. The van der Waals surface area contributed by atoms with Crippen molar-refractivity contribution < 1.29 is 31.8 Å². The molecule has 0 saturated carbocycles. The van der Waals surface area contributed by atoms with Crippen LogP contribution in [0.1, 0.15) is 71.2 Å². The molecule has 0 bridgehead atoms. The highest BCUT2D eigenvalue weighted by molar-refractivity contribution is 7.99. The Morgan fingerprint density at radius 2 is 1.66 bits per heavy atom. The number of aryl methyl sites for hydroxylation is 1. The summed E-state index contributed by atoms with van der Waals surface area (Å²) < 4.78 is 29.5. The first-order valence-corrected chi connectivity index (χ1v) is 15.0. The van der Waals surface area contributed by atoms with Gasteiger partial charge in [-0.05, 0) is 56.2 Å². The molecule has 1 fully saturated rings. The van der Waals surface area contributed by atoms with Gasteiger partial charge in [0, 0.05) is 11.3 Å². The summed E-state index contributed by atoms with van der Waals surface area (Å²) in [5, 5.41) is 2.20. The Hall–Kier alpha value is -3.02. The Morgan fingerprint density at radius 3 is 2.39 bits per heavy atom. The van der Waals surface area contributed by atoms with Gasteiger partial charge in [0.15, 0.2) is 0 Å². The number of thioether (sulfide) groups is 1. The van der Waals surface area contributed by atoms with Crippen LogP contribution in [0.15, 0.2) is 52.3 Å². The van der Waals surface area contributed by atoms with E-state index in [0.29, 0.717) is 16.9 Å². The first-order valence-electron chi connectivity index (χ1n) is 12.6. The first-order chi connectivity index (χ1) is 18.2. The van der Waals surface area contributed by atoms with Crippen molar-refractivity contribution in [3.05, 3.63) is 59.2 Å². The summed E-state index contributed by atoms with van der Waals surface area (Å²) in [4.78, 5) is 51.6. The third-order valence-electron chi connectivity index (χ3n) is 6.52. The van der Waals surface area contributed by atoms with Crippen molar-refractivity contribution in [2.75, 3.05) is 12.4 Å². The molecule has 202 valence electrons. The lowest BCUT2D eigenvalue weighted by Crippen LogP contribution is -2.54. The molecule has 0 aromatic heterocycles. The van der Waals surface area contributed by atoms with Crippen LogP contribution < -0.4 is 5.32 Å². The van der Waals surface area contributed by atoms with E-state index >= 15 is 0 Å². The molecule has 2 aliphatic rings. The van der Waals surface area contributed by atoms with Crippen LogP contribution in [0.2, 0.25) is 0 Å². The van der Waals surface area contributed by atoms with E-state index in [9.17, 15) is 27.6 Å².